The molecule has 1 saturated carbocycles. The third kappa shape index (κ3) is 4.90. The Balaban J connectivity index is 1.54. The lowest BCUT2D eigenvalue weighted by Gasteiger charge is -2.50. The fourth-order valence-electron chi connectivity index (χ4n) is 4.43. The summed E-state index contributed by atoms with van der Waals surface area (Å²) in [7, 11) is 0. The number of allylic oxidation sites excluding steroid dienone is 1. The molecule has 0 amide bonds. The van der Waals surface area contributed by atoms with Gasteiger partial charge in [-0.05, 0) is 75.1 Å². The van der Waals surface area contributed by atoms with Gasteiger partial charge in [-0.25, -0.2) is 4.79 Å². The zero-order chi connectivity index (χ0) is 21.2. The van der Waals surface area contributed by atoms with Gasteiger partial charge in [-0.2, -0.15) is 0 Å². The maximum absolute atomic E-state index is 11.4. The third-order valence-corrected chi connectivity index (χ3v) is 6.51. The van der Waals surface area contributed by atoms with E-state index in [1.165, 1.54) is 11.6 Å². The van der Waals surface area contributed by atoms with E-state index in [2.05, 4.69) is 26.8 Å². The molecule has 0 radical (unpaired) electrons. The van der Waals surface area contributed by atoms with E-state index in [-0.39, 0.29) is 11.0 Å². The van der Waals surface area contributed by atoms with Gasteiger partial charge < -0.3 is 19.4 Å². The Morgan fingerprint density at radius 1 is 1.28 bits per heavy atom. The highest BCUT2D eigenvalue weighted by molar-refractivity contribution is 5.77. The predicted octanol–water partition coefficient (Wildman–Crippen LogP) is 4.45. The fraction of sp³-hybridized carbons (Fsp3) is 0.542. The molecule has 5 nitrogen and oxygen atoms in total. The summed E-state index contributed by atoms with van der Waals surface area (Å²) in [6.45, 7) is 8.37. The van der Waals surface area contributed by atoms with E-state index in [4.69, 9.17) is 9.15 Å². The number of fused-ring (bicyclic) bond motifs is 1. The van der Waals surface area contributed by atoms with Crippen molar-refractivity contribution < 1.29 is 19.4 Å². The zero-order valence-corrected chi connectivity index (χ0v) is 17.8. The van der Waals surface area contributed by atoms with Crippen LogP contribution in [0.3, 0.4) is 0 Å². The maximum Gasteiger partial charge on any atom is 0.336 e. The van der Waals surface area contributed by atoms with E-state index >= 15 is 0 Å². The summed E-state index contributed by atoms with van der Waals surface area (Å²) >= 11 is 0. The summed E-state index contributed by atoms with van der Waals surface area (Å²) in [4.78, 5) is 11.4. The molecule has 1 fully saturated rings. The molecule has 0 bridgehead atoms. The lowest BCUT2D eigenvalue weighted by atomic mass is 9.60. The Bertz CT molecular complexity index is 938. The van der Waals surface area contributed by atoms with Gasteiger partial charge in [-0.15, -0.1) is 0 Å². The second-order valence-electron chi connectivity index (χ2n) is 9.17. The first kappa shape index (κ1) is 21.6. The number of aliphatic hydroxyl groups is 2. The fourth-order valence-corrected chi connectivity index (χ4v) is 4.43. The normalized spacial score (nSPS) is 27.2. The number of rotatable bonds is 6. The first-order chi connectivity index (χ1) is 13.6. The molecule has 1 aromatic carbocycles. The second-order valence-corrected chi connectivity index (χ2v) is 9.17. The summed E-state index contributed by atoms with van der Waals surface area (Å²) in [5, 5.41) is 21.8. The van der Waals surface area contributed by atoms with Crippen molar-refractivity contribution in [3.05, 3.63) is 52.4 Å². The molecule has 0 spiro atoms. The molecule has 5 heteroatoms. The van der Waals surface area contributed by atoms with Crippen molar-refractivity contribution in [3.63, 3.8) is 0 Å². The van der Waals surface area contributed by atoms with Crippen molar-refractivity contribution in [2.45, 2.75) is 65.1 Å². The minimum atomic E-state index is -1.00. The summed E-state index contributed by atoms with van der Waals surface area (Å²) in [6.07, 6.45) is 4.81. The number of benzene rings is 1. The van der Waals surface area contributed by atoms with Crippen molar-refractivity contribution in [2.24, 2.45) is 11.3 Å². The molecule has 2 N–H and O–H groups in total. The van der Waals surface area contributed by atoms with Gasteiger partial charge in [-0.3, -0.25) is 0 Å². The van der Waals surface area contributed by atoms with Gasteiger partial charge in [0.15, 0.2) is 0 Å². The smallest absolute Gasteiger partial charge is 0.336 e. The minimum absolute atomic E-state index is 0.312. The van der Waals surface area contributed by atoms with Crippen LogP contribution in [0.25, 0.3) is 11.0 Å². The Kier molecular flexibility index (Phi) is 6.20. The van der Waals surface area contributed by atoms with Crippen molar-refractivity contribution in [1.82, 2.24) is 0 Å². The van der Waals surface area contributed by atoms with Crippen LogP contribution in [0.5, 0.6) is 5.75 Å². The molecule has 1 heterocycles. The van der Waals surface area contributed by atoms with E-state index < -0.39 is 11.7 Å². The van der Waals surface area contributed by atoms with Crippen molar-refractivity contribution >= 4 is 11.0 Å². The number of hydrogen-bond acceptors (Lipinski definition) is 5. The van der Waals surface area contributed by atoms with E-state index in [1.54, 1.807) is 19.1 Å². The number of hydrogen-bond donors (Lipinski definition) is 2. The Morgan fingerprint density at radius 3 is 2.76 bits per heavy atom. The van der Waals surface area contributed by atoms with Crippen molar-refractivity contribution in [3.8, 4) is 5.75 Å². The van der Waals surface area contributed by atoms with Crippen LogP contribution in [-0.2, 0) is 0 Å². The second kappa shape index (κ2) is 8.33. The van der Waals surface area contributed by atoms with Crippen LogP contribution in [0.1, 0.15) is 53.4 Å². The molecule has 3 rings (SSSR count). The van der Waals surface area contributed by atoms with Gasteiger partial charge in [0.25, 0.3) is 0 Å². The van der Waals surface area contributed by atoms with Gasteiger partial charge in [0.1, 0.15) is 17.9 Å². The first-order valence-electron chi connectivity index (χ1n) is 10.3. The molecule has 1 aliphatic carbocycles. The van der Waals surface area contributed by atoms with Crippen LogP contribution in [0.4, 0.5) is 0 Å². The van der Waals surface area contributed by atoms with Crippen LogP contribution < -0.4 is 10.4 Å². The van der Waals surface area contributed by atoms with Gasteiger partial charge in [0.2, 0.25) is 0 Å². The summed E-state index contributed by atoms with van der Waals surface area (Å²) in [5.41, 5.74) is 0.0675. The molecule has 2 aromatic rings. The van der Waals surface area contributed by atoms with Crippen LogP contribution in [0.2, 0.25) is 0 Å². The number of ether oxygens (including phenoxy) is 1. The van der Waals surface area contributed by atoms with Crippen molar-refractivity contribution in [1.29, 1.82) is 0 Å². The molecule has 1 aromatic heterocycles. The molecule has 29 heavy (non-hydrogen) atoms. The molecular formula is C24H32O5. The van der Waals surface area contributed by atoms with Gasteiger partial charge >= 0.3 is 5.63 Å². The van der Waals surface area contributed by atoms with E-state index in [0.29, 0.717) is 30.3 Å². The van der Waals surface area contributed by atoms with Crippen LogP contribution >= 0.6 is 0 Å². The van der Waals surface area contributed by atoms with Gasteiger partial charge in [0.05, 0.1) is 11.7 Å². The van der Waals surface area contributed by atoms with Crippen LogP contribution in [0, 0.1) is 11.3 Å². The highest BCUT2D eigenvalue weighted by Crippen LogP contribution is 2.47. The average molecular weight is 401 g/mol. The van der Waals surface area contributed by atoms with Crippen LogP contribution in [0.15, 0.2) is 51.2 Å². The van der Waals surface area contributed by atoms with E-state index in [1.807, 2.05) is 12.1 Å². The molecule has 0 unspecified atom stereocenters. The van der Waals surface area contributed by atoms with E-state index in [9.17, 15) is 15.0 Å². The van der Waals surface area contributed by atoms with Crippen LogP contribution in [-0.4, -0.2) is 28.5 Å². The summed E-state index contributed by atoms with van der Waals surface area (Å²) in [5.74, 6) is 1.03. The lowest BCUT2D eigenvalue weighted by Crippen LogP contribution is -2.55. The molecular weight excluding hydrogens is 368 g/mol. The minimum Gasteiger partial charge on any atom is -0.489 e. The zero-order valence-electron chi connectivity index (χ0n) is 17.8. The molecule has 3 atom stereocenters. The predicted molar refractivity (Wildman–Crippen MR) is 114 cm³/mol. The largest absolute Gasteiger partial charge is 0.489 e. The molecule has 158 valence electrons. The molecule has 0 saturated heterocycles. The standard InChI is InChI=1S/C24H32O5/c1-16(5-8-18-11-13-24(4,27)22(26)23(18,2)3)12-14-28-19-9-6-17-7-10-21(25)29-20(17)15-19/h6-7,9-10,12,15,18,22,26-27H,5,8,11,13-14H2,1-4H3/b16-12+/t18-,22-,24-/m0/s1. The monoisotopic (exact) mass is 400 g/mol. The van der Waals surface area contributed by atoms with Crippen molar-refractivity contribution in [2.75, 3.05) is 6.61 Å². The Labute approximate surface area is 172 Å². The summed E-state index contributed by atoms with van der Waals surface area (Å²) in [6, 6.07) is 8.61. The quantitative estimate of drug-likeness (QED) is 0.553. The Hall–Kier alpha value is -2.11. The van der Waals surface area contributed by atoms with Gasteiger partial charge in [-0.1, -0.05) is 19.4 Å². The number of aliphatic hydroxyl groups excluding tert-OH is 1. The average Bonchev–Trinajstić information content (AvgIpc) is 2.65. The first-order valence-corrected chi connectivity index (χ1v) is 10.3. The third-order valence-electron chi connectivity index (χ3n) is 6.51. The molecule has 1 aliphatic rings. The topological polar surface area (TPSA) is 79.9 Å². The molecule has 0 aliphatic heterocycles. The summed E-state index contributed by atoms with van der Waals surface area (Å²) < 4.78 is 11.0. The highest BCUT2D eigenvalue weighted by Gasteiger charge is 2.49. The lowest BCUT2D eigenvalue weighted by molar-refractivity contribution is -0.165. The van der Waals surface area contributed by atoms with Gasteiger partial charge in [0, 0.05) is 17.5 Å². The highest BCUT2D eigenvalue weighted by atomic mass is 16.5. The maximum atomic E-state index is 11.4. The Morgan fingerprint density at radius 2 is 2.00 bits per heavy atom. The SMILES string of the molecule is C/C(=C\COc1ccc2ccc(=O)oc2c1)CC[C@H]1CC[C@](C)(O)[C@@H](O)C1(C)C. The van der Waals surface area contributed by atoms with E-state index in [0.717, 1.165) is 24.6 Å².